The van der Waals surface area contributed by atoms with Crippen LogP contribution in [0.1, 0.15) is 17.0 Å². The third kappa shape index (κ3) is 2.22. The first-order valence-corrected chi connectivity index (χ1v) is 4.90. The van der Waals surface area contributed by atoms with Gasteiger partial charge < -0.3 is 5.73 Å². The van der Waals surface area contributed by atoms with Gasteiger partial charge in [0.25, 0.3) is 0 Å². The van der Waals surface area contributed by atoms with Crippen LogP contribution in [0.15, 0.2) is 30.6 Å². The third-order valence-electron chi connectivity index (χ3n) is 2.39. The fourth-order valence-electron chi connectivity index (χ4n) is 1.53. The van der Waals surface area contributed by atoms with Gasteiger partial charge in [-0.15, -0.1) is 0 Å². The number of nitrogens with zero attached hydrogens (tertiary/aromatic N) is 3. The number of rotatable bonds is 3. The molecule has 15 heavy (non-hydrogen) atoms. The molecule has 2 aromatic rings. The van der Waals surface area contributed by atoms with Crippen LogP contribution in [-0.2, 0) is 20.0 Å². The van der Waals surface area contributed by atoms with E-state index in [-0.39, 0.29) is 0 Å². The van der Waals surface area contributed by atoms with E-state index in [1.165, 1.54) is 5.56 Å². The molecule has 0 bridgehead atoms. The van der Waals surface area contributed by atoms with E-state index in [1.54, 1.807) is 11.0 Å². The standard InChI is InChI=1S/C11H14N4/c1-15-11(13-8-14-15)6-9-3-2-4-10(5-9)7-12/h2-5,8H,6-7,12H2,1H3. The van der Waals surface area contributed by atoms with E-state index >= 15 is 0 Å². The first-order valence-electron chi connectivity index (χ1n) is 4.90. The zero-order valence-electron chi connectivity index (χ0n) is 8.72. The molecule has 0 fully saturated rings. The molecule has 0 saturated heterocycles. The molecule has 2 rings (SSSR count). The van der Waals surface area contributed by atoms with Crippen LogP contribution in [0.5, 0.6) is 0 Å². The number of benzene rings is 1. The monoisotopic (exact) mass is 202 g/mol. The Morgan fingerprint density at radius 2 is 2.13 bits per heavy atom. The van der Waals surface area contributed by atoms with Crippen molar-refractivity contribution >= 4 is 0 Å². The highest BCUT2D eigenvalue weighted by Crippen LogP contribution is 2.08. The lowest BCUT2D eigenvalue weighted by atomic mass is 10.1. The maximum atomic E-state index is 5.59. The van der Waals surface area contributed by atoms with Crippen molar-refractivity contribution < 1.29 is 0 Å². The van der Waals surface area contributed by atoms with Crippen molar-refractivity contribution in [3.63, 3.8) is 0 Å². The lowest BCUT2D eigenvalue weighted by Crippen LogP contribution is -2.02. The molecule has 0 spiro atoms. The molecule has 0 unspecified atom stereocenters. The summed E-state index contributed by atoms with van der Waals surface area (Å²) in [7, 11) is 1.90. The minimum Gasteiger partial charge on any atom is -0.326 e. The number of hydrogen-bond acceptors (Lipinski definition) is 3. The van der Waals surface area contributed by atoms with Gasteiger partial charge in [-0.05, 0) is 11.1 Å². The van der Waals surface area contributed by atoms with Crippen molar-refractivity contribution in [2.24, 2.45) is 12.8 Å². The van der Waals surface area contributed by atoms with E-state index in [0.717, 1.165) is 17.8 Å². The van der Waals surface area contributed by atoms with Gasteiger partial charge in [-0.3, -0.25) is 4.68 Å². The zero-order valence-corrected chi connectivity index (χ0v) is 8.72. The summed E-state index contributed by atoms with van der Waals surface area (Å²) >= 11 is 0. The molecule has 0 amide bonds. The molecular weight excluding hydrogens is 188 g/mol. The second kappa shape index (κ2) is 4.23. The molecule has 1 aromatic heterocycles. The molecule has 1 aromatic carbocycles. The molecule has 0 atom stereocenters. The van der Waals surface area contributed by atoms with Crippen molar-refractivity contribution in [1.82, 2.24) is 14.8 Å². The Kier molecular flexibility index (Phi) is 2.78. The van der Waals surface area contributed by atoms with Gasteiger partial charge in [0.05, 0.1) is 0 Å². The number of aromatic nitrogens is 3. The largest absolute Gasteiger partial charge is 0.326 e. The van der Waals surface area contributed by atoms with Crippen LogP contribution in [0, 0.1) is 0 Å². The normalized spacial score (nSPS) is 10.5. The summed E-state index contributed by atoms with van der Waals surface area (Å²) in [6.07, 6.45) is 2.37. The molecule has 1 heterocycles. The number of nitrogens with two attached hydrogens (primary N) is 1. The molecule has 2 N–H and O–H groups in total. The average Bonchev–Trinajstić information content (AvgIpc) is 2.65. The Hall–Kier alpha value is -1.68. The Bertz CT molecular complexity index is 447. The van der Waals surface area contributed by atoms with Gasteiger partial charge in [0.15, 0.2) is 0 Å². The molecule has 78 valence electrons. The Balaban J connectivity index is 2.21. The smallest absolute Gasteiger partial charge is 0.138 e. The van der Waals surface area contributed by atoms with E-state index in [0.29, 0.717) is 6.54 Å². The summed E-state index contributed by atoms with van der Waals surface area (Å²) in [5, 5.41) is 4.04. The molecule has 0 radical (unpaired) electrons. The van der Waals surface area contributed by atoms with Crippen molar-refractivity contribution in [2.75, 3.05) is 0 Å². The van der Waals surface area contributed by atoms with E-state index in [4.69, 9.17) is 5.73 Å². The first kappa shape index (κ1) is 9.86. The van der Waals surface area contributed by atoms with Gasteiger partial charge in [-0.25, -0.2) is 4.98 Å². The molecule has 4 nitrogen and oxygen atoms in total. The van der Waals surface area contributed by atoms with Crippen LogP contribution in [0.2, 0.25) is 0 Å². The van der Waals surface area contributed by atoms with E-state index < -0.39 is 0 Å². The topological polar surface area (TPSA) is 56.7 Å². The van der Waals surface area contributed by atoms with Crippen LogP contribution in [0.3, 0.4) is 0 Å². The van der Waals surface area contributed by atoms with Gasteiger partial charge in [-0.2, -0.15) is 5.10 Å². The van der Waals surface area contributed by atoms with Gasteiger partial charge in [0.1, 0.15) is 12.2 Å². The molecular formula is C11H14N4. The number of aryl methyl sites for hydroxylation is 1. The quantitative estimate of drug-likeness (QED) is 0.803. The van der Waals surface area contributed by atoms with Crippen molar-refractivity contribution in [3.05, 3.63) is 47.5 Å². The third-order valence-corrected chi connectivity index (χ3v) is 2.39. The molecule has 0 aliphatic carbocycles. The Morgan fingerprint density at radius 3 is 2.80 bits per heavy atom. The maximum absolute atomic E-state index is 5.59. The summed E-state index contributed by atoms with van der Waals surface area (Å²) < 4.78 is 1.79. The highest BCUT2D eigenvalue weighted by Gasteiger charge is 2.02. The second-order valence-corrected chi connectivity index (χ2v) is 3.50. The van der Waals surface area contributed by atoms with Gasteiger partial charge in [0.2, 0.25) is 0 Å². The Morgan fingerprint density at radius 1 is 1.33 bits per heavy atom. The highest BCUT2D eigenvalue weighted by atomic mass is 15.3. The average molecular weight is 202 g/mol. The van der Waals surface area contributed by atoms with Crippen molar-refractivity contribution in [3.8, 4) is 0 Å². The van der Waals surface area contributed by atoms with Crippen LogP contribution in [-0.4, -0.2) is 14.8 Å². The molecule has 4 heteroatoms. The summed E-state index contributed by atoms with van der Waals surface area (Å²) in [5.41, 5.74) is 7.95. The van der Waals surface area contributed by atoms with E-state index in [1.807, 2.05) is 19.2 Å². The van der Waals surface area contributed by atoms with Gasteiger partial charge >= 0.3 is 0 Å². The van der Waals surface area contributed by atoms with E-state index in [9.17, 15) is 0 Å². The zero-order chi connectivity index (χ0) is 10.7. The van der Waals surface area contributed by atoms with Gasteiger partial charge in [0, 0.05) is 20.0 Å². The second-order valence-electron chi connectivity index (χ2n) is 3.50. The maximum Gasteiger partial charge on any atom is 0.138 e. The van der Waals surface area contributed by atoms with Crippen molar-refractivity contribution in [1.29, 1.82) is 0 Å². The highest BCUT2D eigenvalue weighted by molar-refractivity contribution is 5.25. The minimum absolute atomic E-state index is 0.576. The summed E-state index contributed by atoms with van der Waals surface area (Å²) in [6, 6.07) is 8.23. The number of hydrogen-bond donors (Lipinski definition) is 1. The molecule has 0 aliphatic heterocycles. The summed E-state index contributed by atoms with van der Waals surface area (Å²) in [6.45, 7) is 0.576. The predicted molar refractivity (Wildman–Crippen MR) is 58.1 cm³/mol. The first-order chi connectivity index (χ1) is 7.29. The fraction of sp³-hybridized carbons (Fsp3) is 0.273. The fourth-order valence-corrected chi connectivity index (χ4v) is 1.53. The predicted octanol–water partition coefficient (Wildman–Crippen LogP) is 0.865. The minimum atomic E-state index is 0.576. The van der Waals surface area contributed by atoms with Crippen LogP contribution in [0.4, 0.5) is 0 Å². The van der Waals surface area contributed by atoms with Gasteiger partial charge in [-0.1, -0.05) is 24.3 Å². The summed E-state index contributed by atoms with van der Waals surface area (Å²) in [5.74, 6) is 0.962. The summed E-state index contributed by atoms with van der Waals surface area (Å²) in [4.78, 5) is 4.19. The lowest BCUT2D eigenvalue weighted by Gasteiger charge is -2.03. The SMILES string of the molecule is Cn1ncnc1Cc1cccc(CN)c1. The molecule has 0 aliphatic rings. The van der Waals surface area contributed by atoms with Crippen LogP contribution >= 0.6 is 0 Å². The van der Waals surface area contributed by atoms with E-state index in [2.05, 4.69) is 22.2 Å². The Labute approximate surface area is 88.8 Å². The molecule has 0 saturated carbocycles. The van der Waals surface area contributed by atoms with Crippen LogP contribution < -0.4 is 5.73 Å². The lowest BCUT2D eigenvalue weighted by molar-refractivity contribution is 0.716. The van der Waals surface area contributed by atoms with Crippen LogP contribution in [0.25, 0.3) is 0 Å². The van der Waals surface area contributed by atoms with Crippen molar-refractivity contribution in [2.45, 2.75) is 13.0 Å².